The summed E-state index contributed by atoms with van der Waals surface area (Å²) in [5.74, 6) is -0.930. The molecule has 94 valence electrons. The molecule has 0 aliphatic heterocycles. The number of carboxylic acid groups (broad SMARTS) is 1. The van der Waals surface area contributed by atoms with E-state index in [1.165, 1.54) is 19.1 Å². The van der Waals surface area contributed by atoms with Crippen molar-refractivity contribution in [3.8, 4) is 5.75 Å². The Kier molecular flexibility index (Phi) is 5.05. The number of benzene rings is 1. The molecule has 17 heavy (non-hydrogen) atoms. The first-order chi connectivity index (χ1) is 7.90. The van der Waals surface area contributed by atoms with E-state index >= 15 is 0 Å². The fourth-order valence-electron chi connectivity index (χ4n) is 1.23. The number of hydrogen-bond acceptors (Lipinski definition) is 3. The van der Waals surface area contributed by atoms with Gasteiger partial charge in [-0.1, -0.05) is 23.2 Å². The van der Waals surface area contributed by atoms with Gasteiger partial charge in [0.2, 0.25) is 0 Å². The highest BCUT2D eigenvalue weighted by Crippen LogP contribution is 2.28. The molecule has 0 saturated heterocycles. The minimum absolute atomic E-state index is 0.0196. The molecule has 2 N–H and O–H groups in total. The Balaban J connectivity index is 2.82. The quantitative estimate of drug-likeness (QED) is 0.869. The minimum atomic E-state index is -1.16. The summed E-state index contributed by atoms with van der Waals surface area (Å²) in [6.07, 6.45) is -1.94. The fourth-order valence-corrected chi connectivity index (χ4v) is 1.69. The molecule has 0 saturated carbocycles. The number of aliphatic hydroxyl groups excluding tert-OH is 1. The Morgan fingerprint density at radius 1 is 1.47 bits per heavy atom. The number of ether oxygens (including phenoxy) is 1. The van der Waals surface area contributed by atoms with Gasteiger partial charge in [-0.3, -0.25) is 0 Å². The van der Waals surface area contributed by atoms with Gasteiger partial charge in [0.1, 0.15) is 5.75 Å². The molecule has 0 aliphatic rings. The SMILES string of the molecule is CC(O)CC(Oc1ccc(Cl)cc1Cl)C(=O)O. The number of halogens is 2. The summed E-state index contributed by atoms with van der Waals surface area (Å²) in [4.78, 5) is 10.9. The van der Waals surface area contributed by atoms with Crippen LogP contribution in [0.5, 0.6) is 5.75 Å². The van der Waals surface area contributed by atoms with Gasteiger partial charge in [0.25, 0.3) is 0 Å². The van der Waals surface area contributed by atoms with Crippen molar-refractivity contribution >= 4 is 29.2 Å². The molecule has 2 atom stereocenters. The lowest BCUT2D eigenvalue weighted by Crippen LogP contribution is -2.30. The first kappa shape index (κ1) is 14.1. The van der Waals surface area contributed by atoms with Crippen LogP contribution < -0.4 is 4.74 Å². The molecule has 1 aromatic rings. The number of aliphatic hydroxyl groups is 1. The van der Waals surface area contributed by atoms with Crippen molar-refractivity contribution in [2.75, 3.05) is 0 Å². The van der Waals surface area contributed by atoms with E-state index in [1.54, 1.807) is 6.07 Å². The van der Waals surface area contributed by atoms with Gasteiger partial charge in [0.05, 0.1) is 11.1 Å². The van der Waals surface area contributed by atoms with E-state index in [9.17, 15) is 4.79 Å². The predicted molar refractivity (Wildman–Crippen MR) is 64.8 cm³/mol. The molecule has 0 aromatic heterocycles. The maximum Gasteiger partial charge on any atom is 0.344 e. The summed E-state index contributed by atoms with van der Waals surface area (Å²) in [7, 11) is 0. The first-order valence-electron chi connectivity index (χ1n) is 4.92. The zero-order valence-electron chi connectivity index (χ0n) is 9.06. The second-order valence-electron chi connectivity index (χ2n) is 3.60. The van der Waals surface area contributed by atoms with Crippen LogP contribution >= 0.6 is 23.2 Å². The predicted octanol–water partition coefficient (Wildman–Crippen LogP) is 2.60. The molecule has 0 spiro atoms. The van der Waals surface area contributed by atoms with Gasteiger partial charge in [-0.05, 0) is 25.1 Å². The van der Waals surface area contributed by atoms with Crippen molar-refractivity contribution in [1.82, 2.24) is 0 Å². The third-order valence-corrected chi connectivity index (χ3v) is 2.52. The molecule has 4 nitrogen and oxygen atoms in total. The minimum Gasteiger partial charge on any atom is -0.479 e. The Labute approximate surface area is 109 Å². The zero-order valence-corrected chi connectivity index (χ0v) is 10.6. The lowest BCUT2D eigenvalue weighted by molar-refractivity contribution is -0.146. The van der Waals surface area contributed by atoms with Gasteiger partial charge >= 0.3 is 5.97 Å². The number of hydrogen-bond donors (Lipinski definition) is 2. The normalized spacial score (nSPS) is 14.1. The molecule has 0 fully saturated rings. The van der Waals surface area contributed by atoms with Crippen LogP contribution in [0.1, 0.15) is 13.3 Å². The standard InChI is InChI=1S/C11H12Cl2O4/c1-6(14)4-10(11(15)16)17-9-3-2-7(12)5-8(9)13/h2-3,5-6,10,14H,4H2,1H3,(H,15,16). The molecular weight excluding hydrogens is 267 g/mol. The fraction of sp³-hybridized carbons (Fsp3) is 0.364. The van der Waals surface area contributed by atoms with E-state index in [4.69, 9.17) is 38.2 Å². The molecule has 1 aromatic carbocycles. The molecule has 6 heteroatoms. The second kappa shape index (κ2) is 6.10. The third-order valence-electron chi connectivity index (χ3n) is 1.99. The highest BCUT2D eigenvalue weighted by atomic mass is 35.5. The number of aliphatic carboxylic acids is 1. The van der Waals surface area contributed by atoms with Crippen molar-refractivity contribution in [2.24, 2.45) is 0 Å². The molecule has 0 bridgehead atoms. The summed E-state index contributed by atoms with van der Waals surface area (Å²) in [5.41, 5.74) is 0. The Bertz CT molecular complexity index is 406. The van der Waals surface area contributed by atoms with Crippen LogP contribution in [-0.4, -0.2) is 28.4 Å². The van der Waals surface area contributed by atoms with Crippen molar-refractivity contribution in [1.29, 1.82) is 0 Å². The van der Waals surface area contributed by atoms with Crippen molar-refractivity contribution in [3.63, 3.8) is 0 Å². The van der Waals surface area contributed by atoms with E-state index in [-0.39, 0.29) is 17.2 Å². The van der Waals surface area contributed by atoms with Crippen LogP contribution in [0.3, 0.4) is 0 Å². The van der Waals surface area contributed by atoms with Gasteiger partial charge in [0, 0.05) is 11.4 Å². The van der Waals surface area contributed by atoms with E-state index in [0.717, 1.165) is 0 Å². The zero-order chi connectivity index (χ0) is 13.0. The highest BCUT2D eigenvalue weighted by Gasteiger charge is 2.22. The third kappa shape index (κ3) is 4.42. The van der Waals surface area contributed by atoms with E-state index in [1.807, 2.05) is 0 Å². The molecule has 2 unspecified atom stereocenters. The maximum absolute atomic E-state index is 10.9. The number of carbonyl (C=O) groups is 1. The van der Waals surface area contributed by atoms with Crippen LogP contribution in [0.15, 0.2) is 18.2 Å². The summed E-state index contributed by atoms with van der Waals surface area (Å²) in [6, 6.07) is 4.49. The summed E-state index contributed by atoms with van der Waals surface area (Å²) < 4.78 is 5.22. The molecule has 0 heterocycles. The van der Waals surface area contributed by atoms with Crippen molar-refractivity contribution in [2.45, 2.75) is 25.6 Å². The van der Waals surface area contributed by atoms with Crippen molar-refractivity contribution in [3.05, 3.63) is 28.2 Å². The van der Waals surface area contributed by atoms with E-state index in [0.29, 0.717) is 5.02 Å². The monoisotopic (exact) mass is 278 g/mol. The van der Waals surface area contributed by atoms with Crippen LogP contribution in [0.25, 0.3) is 0 Å². The summed E-state index contributed by atoms with van der Waals surface area (Å²) >= 11 is 11.6. The smallest absolute Gasteiger partial charge is 0.344 e. The highest BCUT2D eigenvalue weighted by molar-refractivity contribution is 6.35. The molecule has 0 aliphatic carbocycles. The van der Waals surface area contributed by atoms with Crippen LogP contribution in [0.4, 0.5) is 0 Å². The molecule has 0 amide bonds. The van der Waals surface area contributed by atoms with Gasteiger partial charge in [-0.2, -0.15) is 0 Å². The Morgan fingerprint density at radius 3 is 2.59 bits per heavy atom. The Morgan fingerprint density at radius 2 is 2.12 bits per heavy atom. The van der Waals surface area contributed by atoms with Crippen LogP contribution in [0.2, 0.25) is 10.0 Å². The molecule has 1 rings (SSSR count). The van der Waals surface area contributed by atoms with Gasteiger partial charge < -0.3 is 14.9 Å². The van der Waals surface area contributed by atoms with E-state index < -0.39 is 18.2 Å². The topological polar surface area (TPSA) is 66.8 Å². The Hall–Kier alpha value is -0.970. The second-order valence-corrected chi connectivity index (χ2v) is 4.45. The lowest BCUT2D eigenvalue weighted by Gasteiger charge is -2.17. The average molecular weight is 279 g/mol. The average Bonchev–Trinajstić information content (AvgIpc) is 2.19. The summed E-state index contributed by atoms with van der Waals surface area (Å²) in [5, 5.41) is 18.8. The number of carboxylic acids is 1. The first-order valence-corrected chi connectivity index (χ1v) is 5.68. The molecular formula is C11H12Cl2O4. The van der Waals surface area contributed by atoms with Gasteiger partial charge in [-0.25, -0.2) is 4.79 Å². The number of rotatable bonds is 5. The maximum atomic E-state index is 10.9. The molecule has 0 radical (unpaired) electrons. The lowest BCUT2D eigenvalue weighted by atomic mass is 10.2. The van der Waals surface area contributed by atoms with Gasteiger partial charge in [-0.15, -0.1) is 0 Å². The largest absolute Gasteiger partial charge is 0.479 e. The van der Waals surface area contributed by atoms with Crippen LogP contribution in [-0.2, 0) is 4.79 Å². The van der Waals surface area contributed by atoms with Gasteiger partial charge in [0.15, 0.2) is 6.10 Å². The van der Waals surface area contributed by atoms with Crippen LogP contribution in [0, 0.1) is 0 Å². The van der Waals surface area contributed by atoms with E-state index in [2.05, 4.69) is 0 Å². The van der Waals surface area contributed by atoms with Crippen molar-refractivity contribution < 1.29 is 19.7 Å². The summed E-state index contributed by atoms with van der Waals surface area (Å²) in [6.45, 7) is 1.49.